The van der Waals surface area contributed by atoms with Crippen molar-refractivity contribution >= 4 is 12.0 Å². The maximum Gasteiger partial charge on any atom is 0.326 e. The molecule has 0 rings (SSSR count). The average molecular weight is 240 g/mol. The number of carbonyl (C=O) groups is 2. The summed E-state index contributed by atoms with van der Waals surface area (Å²) in [6, 6.07) is -1.31. The Bertz CT molecular complexity index is 307. The van der Waals surface area contributed by atoms with Crippen LogP contribution in [0.15, 0.2) is 0 Å². The molecule has 0 saturated heterocycles. The van der Waals surface area contributed by atoms with Gasteiger partial charge in [-0.05, 0) is 12.3 Å². The van der Waals surface area contributed by atoms with Crippen molar-refractivity contribution in [3.8, 4) is 12.3 Å². The van der Waals surface area contributed by atoms with Crippen LogP contribution in [-0.4, -0.2) is 41.1 Å². The van der Waals surface area contributed by atoms with Gasteiger partial charge in [0.2, 0.25) is 0 Å². The summed E-state index contributed by atoms with van der Waals surface area (Å²) >= 11 is 0. The van der Waals surface area contributed by atoms with Gasteiger partial charge in [-0.15, -0.1) is 6.42 Å². The maximum absolute atomic E-state index is 11.8. The molecule has 2 N–H and O–H groups in total. The van der Waals surface area contributed by atoms with E-state index < -0.39 is 18.0 Å². The molecule has 0 aliphatic heterocycles. The Kier molecular flexibility index (Phi) is 6.80. The molecule has 2 amide bonds. The highest BCUT2D eigenvalue weighted by Gasteiger charge is 2.25. The summed E-state index contributed by atoms with van der Waals surface area (Å²) in [5, 5.41) is 11.4. The van der Waals surface area contributed by atoms with E-state index in [1.54, 1.807) is 13.8 Å². The predicted octanol–water partition coefficient (Wildman–Crippen LogP) is 1.15. The molecule has 0 aliphatic carbocycles. The van der Waals surface area contributed by atoms with Gasteiger partial charge in [0.05, 0.1) is 6.54 Å². The number of hydrogen-bond acceptors (Lipinski definition) is 2. The fraction of sp³-hybridized carbons (Fsp3) is 0.667. The standard InChI is InChI=1S/C12H20N2O3/c1-5-7-14(8-6-2)12(17)13-10(9(3)4)11(15)16/h1,9-10H,6-8H2,2-4H3,(H,13,17)(H,15,16). The van der Waals surface area contributed by atoms with Crippen LogP contribution in [0.3, 0.4) is 0 Å². The van der Waals surface area contributed by atoms with Crippen LogP contribution in [0, 0.1) is 18.3 Å². The second-order valence-electron chi connectivity index (χ2n) is 4.14. The monoisotopic (exact) mass is 240 g/mol. The first-order chi connectivity index (χ1) is 7.93. The highest BCUT2D eigenvalue weighted by atomic mass is 16.4. The van der Waals surface area contributed by atoms with Crippen LogP contribution >= 0.6 is 0 Å². The summed E-state index contributed by atoms with van der Waals surface area (Å²) in [5.41, 5.74) is 0. The smallest absolute Gasteiger partial charge is 0.326 e. The largest absolute Gasteiger partial charge is 0.480 e. The van der Waals surface area contributed by atoms with Crippen molar-refractivity contribution in [2.24, 2.45) is 5.92 Å². The number of carboxylic acids is 1. The predicted molar refractivity (Wildman–Crippen MR) is 65.5 cm³/mol. The molecule has 96 valence electrons. The van der Waals surface area contributed by atoms with Crippen LogP contribution < -0.4 is 5.32 Å². The van der Waals surface area contributed by atoms with Crippen LogP contribution in [0.1, 0.15) is 27.2 Å². The van der Waals surface area contributed by atoms with Crippen LogP contribution in [0.2, 0.25) is 0 Å². The minimum Gasteiger partial charge on any atom is -0.480 e. The Morgan fingerprint density at radius 3 is 2.41 bits per heavy atom. The summed E-state index contributed by atoms with van der Waals surface area (Å²) in [6.45, 7) is 6.10. The number of aliphatic carboxylic acids is 1. The lowest BCUT2D eigenvalue weighted by Crippen LogP contribution is -2.50. The molecule has 1 atom stereocenters. The van der Waals surface area contributed by atoms with E-state index in [0.29, 0.717) is 6.54 Å². The summed E-state index contributed by atoms with van der Waals surface area (Å²) < 4.78 is 0. The normalized spacial score (nSPS) is 11.7. The summed E-state index contributed by atoms with van der Waals surface area (Å²) in [7, 11) is 0. The van der Waals surface area contributed by atoms with Crippen molar-refractivity contribution in [1.29, 1.82) is 0 Å². The first-order valence-electron chi connectivity index (χ1n) is 5.65. The molecule has 0 radical (unpaired) electrons. The van der Waals surface area contributed by atoms with E-state index in [1.165, 1.54) is 4.90 Å². The highest BCUT2D eigenvalue weighted by Crippen LogP contribution is 2.03. The van der Waals surface area contributed by atoms with Gasteiger partial charge in [0.1, 0.15) is 6.04 Å². The highest BCUT2D eigenvalue weighted by molar-refractivity contribution is 5.82. The van der Waals surface area contributed by atoms with Crippen molar-refractivity contribution in [3.63, 3.8) is 0 Å². The lowest BCUT2D eigenvalue weighted by atomic mass is 10.1. The minimum absolute atomic E-state index is 0.175. The Balaban J connectivity index is 4.56. The van der Waals surface area contributed by atoms with Gasteiger partial charge in [-0.1, -0.05) is 26.7 Å². The average Bonchev–Trinajstić information content (AvgIpc) is 2.24. The zero-order chi connectivity index (χ0) is 13.4. The fourth-order valence-electron chi connectivity index (χ4n) is 1.37. The molecule has 0 spiro atoms. The lowest BCUT2D eigenvalue weighted by Gasteiger charge is -2.24. The van der Waals surface area contributed by atoms with Gasteiger partial charge < -0.3 is 15.3 Å². The number of nitrogens with zero attached hydrogens (tertiary/aromatic N) is 1. The van der Waals surface area contributed by atoms with Crippen molar-refractivity contribution in [3.05, 3.63) is 0 Å². The zero-order valence-electron chi connectivity index (χ0n) is 10.6. The van der Waals surface area contributed by atoms with Crippen LogP contribution in [0.25, 0.3) is 0 Å². The Morgan fingerprint density at radius 1 is 1.47 bits per heavy atom. The van der Waals surface area contributed by atoms with E-state index in [-0.39, 0.29) is 12.5 Å². The SMILES string of the molecule is C#CCN(CCC)C(=O)NC(C(=O)O)C(C)C. The van der Waals surface area contributed by atoms with Gasteiger partial charge in [0.25, 0.3) is 0 Å². The van der Waals surface area contributed by atoms with E-state index >= 15 is 0 Å². The van der Waals surface area contributed by atoms with Crippen LogP contribution in [0.4, 0.5) is 4.79 Å². The number of carboxylic acid groups (broad SMARTS) is 1. The Morgan fingerprint density at radius 2 is 2.06 bits per heavy atom. The quantitative estimate of drug-likeness (QED) is 0.684. The molecular weight excluding hydrogens is 220 g/mol. The molecule has 0 saturated carbocycles. The number of urea groups is 1. The second kappa shape index (κ2) is 7.55. The molecule has 0 aromatic rings. The number of amides is 2. The summed E-state index contributed by atoms with van der Waals surface area (Å²) in [4.78, 5) is 24.2. The van der Waals surface area contributed by atoms with Gasteiger partial charge in [0, 0.05) is 6.54 Å². The summed E-state index contributed by atoms with van der Waals surface area (Å²) in [6.07, 6.45) is 5.93. The van der Waals surface area contributed by atoms with E-state index in [2.05, 4.69) is 11.2 Å². The third-order valence-electron chi connectivity index (χ3n) is 2.27. The van der Waals surface area contributed by atoms with Crippen LogP contribution in [-0.2, 0) is 4.79 Å². The Hall–Kier alpha value is -1.70. The van der Waals surface area contributed by atoms with Crippen LogP contribution in [0.5, 0.6) is 0 Å². The maximum atomic E-state index is 11.8. The number of nitrogens with one attached hydrogen (secondary N) is 1. The lowest BCUT2D eigenvalue weighted by molar-refractivity contribution is -0.140. The minimum atomic E-state index is -1.04. The zero-order valence-corrected chi connectivity index (χ0v) is 10.6. The van der Waals surface area contributed by atoms with Crippen molar-refractivity contribution in [2.45, 2.75) is 33.2 Å². The van der Waals surface area contributed by atoms with Crippen molar-refractivity contribution < 1.29 is 14.7 Å². The van der Waals surface area contributed by atoms with Gasteiger partial charge in [0.15, 0.2) is 0 Å². The van der Waals surface area contributed by atoms with Crippen molar-refractivity contribution in [2.75, 3.05) is 13.1 Å². The topological polar surface area (TPSA) is 69.6 Å². The molecule has 5 nitrogen and oxygen atoms in total. The number of terminal acetylenes is 1. The molecule has 17 heavy (non-hydrogen) atoms. The number of carbonyl (C=O) groups excluding carboxylic acids is 1. The van der Waals surface area contributed by atoms with E-state index in [0.717, 1.165) is 6.42 Å². The molecule has 0 aromatic carbocycles. The first kappa shape index (κ1) is 15.3. The third-order valence-corrected chi connectivity index (χ3v) is 2.27. The molecule has 0 heterocycles. The van der Waals surface area contributed by atoms with E-state index in [9.17, 15) is 9.59 Å². The van der Waals surface area contributed by atoms with Gasteiger partial charge in [-0.25, -0.2) is 9.59 Å². The van der Waals surface area contributed by atoms with Gasteiger partial charge in [-0.3, -0.25) is 0 Å². The number of hydrogen-bond donors (Lipinski definition) is 2. The molecule has 0 fully saturated rings. The summed E-state index contributed by atoms with van der Waals surface area (Å²) in [5.74, 6) is 1.17. The molecule has 5 heteroatoms. The van der Waals surface area contributed by atoms with E-state index in [1.807, 2.05) is 6.92 Å². The van der Waals surface area contributed by atoms with Crippen molar-refractivity contribution in [1.82, 2.24) is 10.2 Å². The molecule has 0 bridgehead atoms. The molecule has 0 aromatic heterocycles. The number of rotatable bonds is 6. The van der Waals surface area contributed by atoms with Gasteiger partial charge >= 0.3 is 12.0 Å². The molecule has 0 aliphatic rings. The fourth-order valence-corrected chi connectivity index (χ4v) is 1.37. The molecular formula is C12H20N2O3. The van der Waals surface area contributed by atoms with E-state index in [4.69, 9.17) is 11.5 Å². The third kappa shape index (κ3) is 5.25. The first-order valence-corrected chi connectivity index (χ1v) is 5.65. The van der Waals surface area contributed by atoms with Gasteiger partial charge in [-0.2, -0.15) is 0 Å². The molecule has 1 unspecified atom stereocenters. The second-order valence-corrected chi connectivity index (χ2v) is 4.14. The Labute approximate surface area is 102 Å².